The van der Waals surface area contributed by atoms with Crippen molar-refractivity contribution in [2.24, 2.45) is 5.73 Å². The molecule has 0 rings (SSSR count). The van der Waals surface area contributed by atoms with Gasteiger partial charge in [-0.25, -0.2) is 4.79 Å². The maximum atomic E-state index is 11.9. The number of carbonyl (C=O) groups excluding carboxylic acids is 3. The average Bonchev–Trinajstić information content (AvgIpc) is 2.31. The van der Waals surface area contributed by atoms with E-state index in [1.807, 2.05) is 0 Å². The van der Waals surface area contributed by atoms with Crippen LogP contribution < -0.4 is 21.7 Å². The number of primary amides is 1. The Morgan fingerprint density at radius 1 is 1.26 bits per heavy atom. The highest BCUT2D eigenvalue weighted by Crippen LogP contribution is 2.04. The third kappa shape index (κ3) is 6.76. The molecule has 0 aliphatic heterocycles. The Hall–Kier alpha value is -1.63. The molecule has 1 atom stereocenters. The molecule has 7 heteroatoms. The molecule has 0 radical (unpaired) electrons. The number of nitrogens with one attached hydrogen (secondary N) is 3. The lowest BCUT2D eigenvalue weighted by Gasteiger charge is -2.26. The first-order valence-corrected chi connectivity index (χ1v) is 6.24. The van der Waals surface area contributed by atoms with Gasteiger partial charge in [-0.2, -0.15) is 0 Å². The lowest BCUT2D eigenvalue weighted by Crippen LogP contribution is -2.55. The lowest BCUT2D eigenvalue weighted by atomic mass is 10.0. The van der Waals surface area contributed by atoms with E-state index in [2.05, 4.69) is 16.0 Å². The van der Waals surface area contributed by atoms with E-state index >= 15 is 0 Å². The van der Waals surface area contributed by atoms with E-state index in [1.54, 1.807) is 20.9 Å². The highest BCUT2D eigenvalue weighted by Gasteiger charge is 2.28. The van der Waals surface area contributed by atoms with Gasteiger partial charge in [-0.1, -0.05) is 0 Å². The van der Waals surface area contributed by atoms with Gasteiger partial charge in [0.1, 0.15) is 0 Å². The molecule has 19 heavy (non-hydrogen) atoms. The molecule has 0 saturated heterocycles. The third-order valence-electron chi connectivity index (χ3n) is 2.96. The highest BCUT2D eigenvalue weighted by atomic mass is 16.2. The molecule has 7 nitrogen and oxygen atoms in total. The van der Waals surface area contributed by atoms with E-state index in [0.29, 0.717) is 19.4 Å². The molecular formula is C12H24N4O3. The Kier molecular flexibility index (Phi) is 7.06. The van der Waals surface area contributed by atoms with Crippen molar-refractivity contribution < 1.29 is 14.4 Å². The number of Topliss-reactive ketones (excluding diaryl/α,β-unsaturated/α-hetero) is 1. The van der Waals surface area contributed by atoms with E-state index in [9.17, 15) is 14.4 Å². The van der Waals surface area contributed by atoms with Gasteiger partial charge in [0.05, 0.1) is 11.6 Å². The van der Waals surface area contributed by atoms with Crippen molar-refractivity contribution in [3.05, 3.63) is 0 Å². The molecule has 5 N–H and O–H groups in total. The van der Waals surface area contributed by atoms with Crippen LogP contribution in [-0.2, 0) is 9.59 Å². The summed E-state index contributed by atoms with van der Waals surface area (Å²) in [6, 6.07) is -1.14. The average molecular weight is 272 g/mol. The molecule has 110 valence electrons. The van der Waals surface area contributed by atoms with Crippen molar-refractivity contribution >= 4 is 17.7 Å². The summed E-state index contributed by atoms with van der Waals surface area (Å²) in [6.45, 7) is 5.27. The van der Waals surface area contributed by atoms with E-state index in [1.165, 1.54) is 6.92 Å². The number of hydrogen-bond acceptors (Lipinski definition) is 4. The Labute approximate surface area is 113 Å². The molecule has 0 unspecified atom stereocenters. The van der Waals surface area contributed by atoms with Crippen LogP contribution in [0.3, 0.4) is 0 Å². The van der Waals surface area contributed by atoms with Crippen LogP contribution in [0.1, 0.15) is 33.6 Å². The number of urea groups is 1. The summed E-state index contributed by atoms with van der Waals surface area (Å²) in [5.74, 6) is -0.350. The second kappa shape index (κ2) is 7.73. The zero-order chi connectivity index (χ0) is 15.1. The summed E-state index contributed by atoms with van der Waals surface area (Å²) in [4.78, 5) is 33.9. The normalized spacial score (nSPS) is 12.6. The second-order valence-corrected chi connectivity index (χ2v) is 4.94. The molecule has 3 amide bonds. The van der Waals surface area contributed by atoms with Gasteiger partial charge < -0.3 is 21.7 Å². The van der Waals surface area contributed by atoms with Crippen LogP contribution in [0, 0.1) is 0 Å². The molecule has 0 aliphatic rings. The summed E-state index contributed by atoms with van der Waals surface area (Å²) < 4.78 is 0. The van der Waals surface area contributed by atoms with Gasteiger partial charge in [-0.15, -0.1) is 0 Å². The van der Waals surface area contributed by atoms with Crippen LogP contribution in [0.4, 0.5) is 4.79 Å². The van der Waals surface area contributed by atoms with Gasteiger partial charge in [0.15, 0.2) is 5.78 Å². The van der Waals surface area contributed by atoms with Gasteiger partial charge in [-0.3, -0.25) is 9.59 Å². The van der Waals surface area contributed by atoms with Crippen LogP contribution in [-0.4, -0.2) is 42.9 Å². The smallest absolute Gasteiger partial charge is 0.312 e. The Morgan fingerprint density at radius 3 is 2.26 bits per heavy atom. The minimum atomic E-state index is -0.737. The number of carbonyl (C=O) groups is 3. The van der Waals surface area contributed by atoms with Crippen molar-refractivity contribution in [1.82, 2.24) is 16.0 Å². The Morgan fingerprint density at radius 2 is 1.84 bits per heavy atom. The predicted octanol–water partition coefficient (Wildman–Crippen LogP) is -0.493. The summed E-state index contributed by atoms with van der Waals surface area (Å²) in [7, 11) is 1.68. The second-order valence-electron chi connectivity index (χ2n) is 4.94. The fourth-order valence-corrected chi connectivity index (χ4v) is 1.35. The van der Waals surface area contributed by atoms with Gasteiger partial charge in [0, 0.05) is 6.54 Å². The zero-order valence-electron chi connectivity index (χ0n) is 12.0. The van der Waals surface area contributed by atoms with Crippen molar-refractivity contribution in [3.63, 3.8) is 0 Å². The van der Waals surface area contributed by atoms with Crippen molar-refractivity contribution in [1.29, 1.82) is 0 Å². The number of ketones is 1. The van der Waals surface area contributed by atoms with Gasteiger partial charge in [-0.05, 0) is 40.7 Å². The summed E-state index contributed by atoms with van der Waals surface area (Å²) in [5.41, 5.74) is 4.19. The summed E-state index contributed by atoms with van der Waals surface area (Å²) >= 11 is 0. The molecule has 0 fully saturated rings. The number of amides is 3. The van der Waals surface area contributed by atoms with Crippen LogP contribution in [0.15, 0.2) is 0 Å². The molecule has 0 spiro atoms. The molecular weight excluding hydrogens is 248 g/mol. The quantitative estimate of drug-likeness (QED) is 0.446. The topological polar surface area (TPSA) is 113 Å². The minimum absolute atomic E-state index is 0.112. The van der Waals surface area contributed by atoms with Crippen LogP contribution >= 0.6 is 0 Å². The van der Waals surface area contributed by atoms with Crippen molar-refractivity contribution in [2.45, 2.75) is 45.2 Å². The first kappa shape index (κ1) is 17.4. The minimum Gasteiger partial charge on any atom is -0.352 e. The van der Waals surface area contributed by atoms with E-state index in [0.717, 1.165) is 0 Å². The standard InChI is InChI=1S/C12H24N4O3/c1-8(17)9(6-5-7-15-11(13)19)16-10(18)12(2,3)14-4/h9,14H,5-7H2,1-4H3,(H,16,18)(H3,13,15,19)/t9-/m0/s1. The van der Waals surface area contributed by atoms with E-state index < -0.39 is 17.6 Å². The number of likely N-dealkylation sites (N-methyl/N-ethyl adjacent to an activating group) is 1. The SMILES string of the molecule is CNC(C)(C)C(=O)N[C@@H](CCCNC(N)=O)C(C)=O. The van der Waals surface area contributed by atoms with Gasteiger partial charge in [0.25, 0.3) is 0 Å². The fraction of sp³-hybridized carbons (Fsp3) is 0.750. The maximum absolute atomic E-state index is 11.9. The monoisotopic (exact) mass is 272 g/mol. The van der Waals surface area contributed by atoms with Crippen molar-refractivity contribution in [2.75, 3.05) is 13.6 Å². The molecule has 0 saturated carbocycles. The molecule has 0 bridgehead atoms. The first-order valence-electron chi connectivity index (χ1n) is 6.24. The summed E-state index contributed by atoms with van der Waals surface area (Å²) in [6.07, 6.45) is 1.02. The maximum Gasteiger partial charge on any atom is 0.312 e. The highest BCUT2D eigenvalue weighted by molar-refractivity contribution is 5.91. The number of nitrogens with two attached hydrogens (primary N) is 1. The van der Waals surface area contributed by atoms with Crippen LogP contribution in [0.25, 0.3) is 0 Å². The fourth-order valence-electron chi connectivity index (χ4n) is 1.35. The summed E-state index contributed by atoms with van der Waals surface area (Å²) in [5, 5.41) is 8.01. The third-order valence-corrected chi connectivity index (χ3v) is 2.96. The number of rotatable bonds is 8. The Bertz CT molecular complexity index is 342. The molecule has 0 aromatic carbocycles. The zero-order valence-corrected chi connectivity index (χ0v) is 12.0. The van der Waals surface area contributed by atoms with Crippen LogP contribution in [0.5, 0.6) is 0 Å². The van der Waals surface area contributed by atoms with Gasteiger partial charge in [0.2, 0.25) is 5.91 Å². The number of hydrogen-bond donors (Lipinski definition) is 4. The Balaban J connectivity index is 4.31. The first-order chi connectivity index (χ1) is 8.70. The van der Waals surface area contributed by atoms with E-state index in [-0.39, 0.29) is 11.7 Å². The van der Waals surface area contributed by atoms with E-state index in [4.69, 9.17) is 5.73 Å². The molecule has 0 aliphatic carbocycles. The largest absolute Gasteiger partial charge is 0.352 e. The molecule has 0 aromatic heterocycles. The van der Waals surface area contributed by atoms with Crippen LogP contribution in [0.2, 0.25) is 0 Å². The van der Waals surface area contributed by atoms with Gasteiger partial charge >= 0.3 is 6.03 Å². The predicted molar refractivity (Wildman–Crippen MR) is 72.6 cm³/mol. The lowest BCUT2D eigenvalue weighted by molar-refractivity contribution is -0.130. The van der Waals surface area contributed by atoms with Crippen molar-refractivity contribution in [3.8, 4) is 0 Å². The molecule has 0 heterocycles. The molecule has 0 aromatic rings.